The van der Waals surface area contributed by atoms with Crippen LogP contribution in [0.25, 0.3) is 0 Å². The van der Waals surface area contributed by atoms with Crippen LogP contribution in [0.4, 0.5) is 5.69 Å². The van der Waals surface area contributed by atoms with E-state index in [4.69, 9.17) is 4.74 Å². The third-order valence-electron chi connectivity index (χ3n) is 4.29. The van der Waals surface area contributed by atoms with Crippen LogP contribution in [0.15, 0.2) is 54.6 Å². The molecule has 2 N–H and O–H groups in total. The van der Waals surface area contributed by atoms with Gasteiger partial charge in [-0.2, -0.15) is 0 Å². The molecular weight excluding hydrogens is 370 g/mol. The molecule has 7 heteroatoms. The van der Waals surface area contributed by atoms with Crippen LogP contribution in [0, 0.1) is 0 Å². The second-order valence-electron chi connectivity index (χ2n) is 6.45. The molecule has 0 fully saturated rings. The molecule has 2 aromatic rings. The minimum Gasteiger partial charge on any atom is -0.497 e. The zero-order valence-electron chi connectivity index (χ0n) is 16.8. The average molecular weight is 397 g/mol. The first-order valence-corrected chi connectivity index (χ1v) is 9.54. The Bertz CT molecular complexity index is 824. The number of ether oxygens (including phenoxy) is 1. The molecule has 2 aromatic carbocycles. The van der Waals surface area contributed by atoms with E-state index in [0.29, 0.717) is 18.0 Å². The predicted octanol–water partition coefficient (Wildman–Crippen LogP) is 2.23. The molecule has 154 valence electrons. The van der Waals surface area contributed by atoms with Gasteiger partial charge in [0.25, 0.3) is 0 Å². The molecule has 0 heterocycles. The van der Waals surface area contributed by atoms with E-state index in [1.807, 2.05) is 37.3 Å². The molecule has 2 rings (SSSR count). The standard InChI is InChI=1S/C22H27N3O4/c1-3-25(16-21(27)24-18-10-7-11-19(15-18)29-2)22(28)12-13-23-20(26)14-17-8-5-4-6-9-17/h4-11,15H,3,12-14,16H2,1-2H3,(H,23,26)(H,24,27). The van der Waals surface area contributed by atoms with Crippen LogP contribution in [0.2, 0.25) is 0 Å². The summed E-state index contributed by atoms with van der Waals surface area (Å²) in [6.45, 7) is 2.40. The lowest BCUT2D eigenvalue weighted by Crippen LogP contribution is -2.39. The molecule has 0 bridgehead atoms. The van der Waals surface area contributed by atoms with Gasteiger partial charge in [0.2, 0.25) is 17.7 Å². The van der Waals surface area contributed by atoms with E-state index >= 15 is 0 Å². The summed E-state index contributed by atoms with van der Waals surface area (Å²) < 4.78 is 5.13. The maximum Gasteiger partial charge on any atom is 0.243 e. The van der Waals surface area contributed by atoms with Gasteiger partial charge in [0.05, 0.1) is 20.1 Å². The fourth-order valence-corrected chi connectivity index (χ4v) is 2.76. The van der Waals surface area contributed by atoms with E-state index in [9.17, 15) is 14.4 Å². The number of nitrogens with zero attached hydrogens (tertiary/aromatic N) is 1. The van der Waals surface area contributed by atoms with E-state index in [0.717, 1.165) is 5.56 Å². The van der Waals surface area contributed by atoms with Crippen molar-refractivity contribution in [1.82, 2.24) is 10.2 Å². The summed E-state index contributed by atoms with van der Waals surface area (Å²) in [5, 5.41) is 5.50. The molecule has 0 saturated carbocycles. The summed E-state index contributed by atoms with van der Waals surface area (Å²) in [5.74, 6) is 0.0233. The Kier molecular flexibility index (Phi) is 8.69. The number of anilines is 1. The lowest BCUT2D eigenvalue weighted by atomic mass is 10.1. The van der Waals surface area contributed by atoms with Gasteiger partial charge in [-0.05, 0) is 24.6 Å². The SMILES string of the molecule is CCN(CC(=O)Nc1cccc(OC)c1)C(=O)CCNC(=O)Cc1ccccc1. The summed E-state index contributed by atoms with van der Waals surface area (Å²) in [4.78, 5) is 38.0. The molecule has 0 spiro atoms. The first-order chi connectivity index (χ1) is 14.0. The van der Waals surface area contributed by atoms with Gasteiger partial charge in [0.1, 0.15) is 5.75 Å². The highest BCUT2D eigenvalue weighted by Crippen LogP contribution is 2.16. The van der Waals surface area contributed by atoms with Crippen LogP contribution in [0.1, 0.15) is 18.9 Å². The van der Waals surface area contributed by atoms with Crippen molar-refractivity contribution in [2.45, 2.75) is 19.8 Å². The molecule has 0 radical (unpaired) electrons. The number of methoxy groups -OCH3 is 1. The van der Waals surface area contributed by atoms with Gasteiger partial charge in [0, 0.05) is 31.3 Å². The quantitative estimate of drug-likeness (QED) is 0.644. The molecule has 0 aliphatic heterocycles. The molecule has 0 saturated heterocycles. The van der Waals surface area contributed by atoms with Crippen molar-refractivity contribution in [2.24, 2.45) is 0 Å². The van der Waals surface area contributed by atoms with Crippen molar-refractivity contribution in [2.75, 3.05) is 32.1 Å². The third kappa shape index (κ3) is 7.65. The van der Waals surface area contributed by atoms with Crippen molar-refractivity contribution in [3.05, 3.63) is 60.2 Å². The van der Waals surface area contributed by atoms with Crippen LogP contribution in [-0.4, -0.2) is 49.4 Å². The average Bonchev–Trinajstić information content (AvgIpc) is 2.72. The van der Waals surface area contributed by atoms with Gasteiger partial charge < -0.3 is 20.3 Å². The minimum absolute atomic E-state index is 0.0511. The predicted molar refractivity (Wildman–Crippen MR) is 112 cm³/mol. The van der Waals surface area contributed by atoms with E-state index in [2.05, 4.69) is 10.6 Å². The Morgan fingerprint density at radius 1 is 1.00 bits per heavy atom. The fourth-order valence-electron chi connectivity index (χ4n) is 2.76. The minimum atomic E-state index is -0.290. The molecule has 0 aliphatic rings. The van der Waals surface area contributed by atoms with Gasteiger partial charge in [0.15, 0.2) is 0 Å². The van der Waals surface area contributed by atoms with Gasteiger partial charge >= 0.3 is 0 Å². The van der Waals surface area contributed by atoms with Crippen molar-refractivity contribution >= 4 is 23.4 Å². The summed E-state index contributed by atoms with van der Waals surface area (Å²) >= 11 is 0. The second kappa shape index (κ2) is 11.5. The van der Waals surface area contributed by atoms with Crippen LogP contribution >= 0.6 is 0 Å². The molecule has 7 nitrogen and oxygen atoms in total. The molecule has 0 atom stereocenters. The number of amides is 3. The second-order valence-corrected chi connectivity index (χ2v) is 6.45. The lowest BCUT2D eigenvalue weighted by molar-refractivity contribution is -0.134. The Morgan fingerprint density at radius 2 is 1.76 bits per heavy atom. The fraction of sp³-hybridized carbons (Fsp3) is 0.318. The summed E-state index contributed by atoms with van der Waals surface area (Å²) in [6.07, 6.45) is 0.413. The highest BCUT2D eigenvalue weighted by atomic mass is 16.5. The molecule has 0 aromatic heterocycles. The number of likely N-dealkylation sites (N-methyl/N-ethyl adjacent to an activating group) is 1. The van der Waals surface area contributed by atoms with Crippen LogP contribution < -0.4 is 15.4 Å². The normalized spacial score (nSPS) is 10.1. The maximum absolute atomic E-state index is 12.4. The van der Waals surface area contributed by atoms with Crippen molar-refractivity contribution in [3.8, 4) is 5.75 Å². The summed E-state index contributed by atoms with van der Waals surface area (Å²) in [5.41, 5.74) is 1.52. The van der Waals surface area contributed by atoms with E-state index in [1.54, 1.807) is 31.4 Å². The summed E-state index contributed by atoms with van der Waals surface area (Å²) in [6, 6.07) is 16.4. The number of hydrogen-bond acceptors (Lipinski definition) is 4. The number of hydrogen-bond donors (Lipinski definition) is 2. The largest absolute Gasteiger partial charge is 0.497 e. The Labute approximate surface area is 171 Å². The zero-order valence-corrected chi connectivity index (χ0v) is 16.8. The zero-order chi connectivity index (χ0) is 21.1. The van der Waals surface area contributed by atoms with Crippen LogP contribution in [0.5, 0.6) is 5.75 Å². The number of rotatable bonds is 10. The van der Waals surface area contributed by atoms with E-state index < -0.39 is 0 Å². The Balaban J connectivity index is 1.75. The van der Waals surface area contributed by atoms with Gasteiger partial charge in [-0.25, -0.2) is 0 Å². The van der Waals surface area contributed by atoms with Crippen molar-refractivity contribution in [3.63, 3.8) is 0 Å². The summed E-state index contributed by atoms with van der Waals surface area (Å²) in [7, 11) is 1.55. The molecule has 0 aliphatic carbocycles. The maximum atomic E-state index is 12.4. The lowest BCUT2D eigenvalue weighted by Gasteiger charge is -2.20. The smallest absolute Gasteiger partial charge is 0.243 e. The van der Waals surface area contributed by atoms with Crippen LogP contribution in [0.3, 0.4) is 0 Å². The number of nitrogens with one attached hydrogen (secondary N) is 2. The highest BCUT2D eigenvalue weighted by Gasteiger charge is 2.16. The number of benzene rings is 2. The van der Waals surface area contributed by atoms with Gasteiger partial charge in [-0.3, -0.25) is 14.4 Å². The first kappa shape index (κ1) is 21.9. The van der Waals surface area contributed by atoms with Gasteiger partial charge in [-0.15, -0.1) is 0 Å². The molecular formula is C22H27N3O4. The van der Waals surface area contributed by atoms with E-state index in [-0.39, 0.29) is 43.7 Å². The first-order valence-electron chi connectivity index (χ1n) is 9.54. The molecule has 3 amide bonds. The van der Waals surface area contributed by atoms with Crippen LogP contribution in [-0.2, 0) is 20.8 Å². The molecule has 29 heavy (non-hydrogen) atoms. The van der Waals surface area contributed by atoms with Crippen molar-refractivity contribution < 1.29 is 19.1 Å². The monoisotopic (exact) mass is 397 g/mol. The van der Waals surface area contributed by atoms with Crippen molar-refractivity contribution in [1.29, 1.82) is 0 Å². The topological polar surface area (TPSA) is 87.7 Å². The number of carbonyl (C=O) groups excluding carboxylic acids is 3. The Hall–Kier alpha value is -3.35. The van der Waals surface area contributed by atoms with E-state index in [1.165, 1.54) is 4.90 Å². The molecule has 0 unspecified atom stereocenters. The number of carbonyl (C=O) groups is 3. The third-order valence-corrected chi connectivity index (χ3v) is 4.29. The highest BCUT2D eigenvalue weighted by molar-refractivity contribution is 5.94. The Morgan fingerprint density at radius 3 is 2.45 bits per heavy atom. The van der Waals surface area contributed by atoms with Gasteiger partial charge in [-0.1, -0.05) is 36.4 Å².